The third kappa shape index (κ3) is 4.31. The molecular formula is C26H30N4O2. The van der Waals surface area contributed by atoms with Crippen LogP contribution in [0.2, 0.25) is 0 Å². The zero-order valence-electron chi connectivity index (χ0n) is 19.3. The minimum absolute atomic E-state index is 0.0111. The normalized spacial score (nSPS) is 13.9. The molecule has 1 aliphatic heterocycles. The van der Waals surface area contributed by atoms with Crippen molar-refractivity contribution < 1.29 is 9.53 Å². The lowest BCUT2D eigenvalue weighted by Crippen LogP contribution is -2.49. The van der Waals surface area contributed by atoms with Gasteiger partial charge in [-0.25, -0.2) is 9.97 Å². The smallest absolute Gasteiger partial charge is 0.257 e. The number of methoxy groups -OCH3 is 1. The molecule has 6 heteroatoms. The summed E-state index contributed by atoms with van der Waals surface area (Å²) in [6.45, 7) is 9.03. The van der Waals surface area contributed by atoms with E-state index in [0.29, 0.717) is 24.4 Å². The van der Waals surface area contributed by atoms with Gasteiger partial charge < -0.3 is 14.5 Å². The summed E-state index contributed by atoms with van der Waals surface area (Å²) in [6, 6.07) is 15.7. The Morgan fingerprint density at radius 2 is 1.66 bits per heavy atom. The summed E-state index contributed by atoms with van der Waals surface area (Å²) in [5, 5.41) is 0. The number of carbonyl (C=O) groups is 1. The van der Waals surface area contributed by atoms with Gasteiger partial charge in [0.15, 0.2) is 5.82 Å². The van der Waals surface area contributed by atoms with Gasteiger partial charge in [0.05, 0.1) is 12.7 Å². The van der Waals surface area contributed by atoms with Crippen LogP contribution in [0.3, 0.4) is 0 Å². The van der Waals surface area contributed by atoms with Crippen molar-refractivity contribution in [2.75, 3.05) is 38.2 Å². The summed E-state index contributed by atoms with van der Waals surface area (Å²) >= 11 is 0. The third-order valence-electron chi connectivity index (χ3n) is 6.06. The van der Waals surface area contributed by atoms with Crippen molar-refractivity contribution in [2.24, 2.45) is 0 Å². The fraction of sp³-hybridized carbons (Fsp3) is 0.346. The summed E-state index contributed by atoms with van der Waals surface area (Å²) in [6.07, 6.45) is 0.871. The van der Waals surface area contributed by atoms with Gasteiger partial charge >= 0.3 is 0 Å². The van der Waals surface area contributed by atoms with Crippen molar-refractivity contribution in [3.8, 4) is 17.1 Å². The number of carbonyl (C=O) groups excluding carboxylic acids is 1. The van der Waals surface area contributed by atoms with E-state index in [9.17, 15) is 4.79 Å². The third-order valence-corrected chi connectivity index (χ3v) is 6.06. The molecule has 2 heterocycles. The number of nitrogens with zero attached hydrogens (tertiary/aromatic N) is 4. The van der Waals surface area contributed by atoms with Crippen LogP contribution in [0.5, 0.6) is 5.75 Å². The first-order chi connectivity index (χ1) is 15.5. The van der Waals surface area contributed by atoms with Crippen LogP contribution in [0.15, 0.2) is 48.5 Å². The number of rotatable bonds is 5. The molecule has 0 unspecified atom stereocenters. The highest BCUT2D eigenvalue weighted by Gasteiger charge is 2.26. The average molecular weight is 431 g/mol. The molecule has 1 saturated heterocycles. The zero-order chi connectivity index (χ0) is 22.7. The van der Waals surface area contributed by atoms with Crippen LogP contribution in [-0.4, -0.2) is 54.1 Å². The van der Waals surface area contributed by atoms with E-state index in [4.69, 9.17) is 14.7 Å². The first-order valence-corrected chi connectivity index (χ1v) is 11.1. The molecule has 32 heavy (non-hydrogen) atoms. The van der Waals surface area contributed by atoms with Crippen molar-refractivity contribution in [2.45, 2.75) is 27.2 Å². The molecule has 1 aliphatic rings. The Hall–Kier alpha value is -3.41. The van der Waals surface area contributed by atoms with Crippen molar-refractivity contribution >= 4 is 11.7 Å². The van der Waals surface area contributed by atoms with Crippen LogP contribution in [0, 0.1) is 13.8 Å². The summed E-state index contributed by atoms with van der Waals surface area (Å²) in [5.41, 5.74) is 5.03. The number of piperazine rings is 1. The van der Waals surface area contributed by atoms with Crippen LogP contribution in [0.4, 0.5) is 5.82 Å². The molecule has 0 bridgehead atoms. The second-order valence-electron chi connectivity index (χ2n) is 8.13. The number of aromatic nitrogens is 2. The standard InChI is InChI=1S/C26H30N4O2/c1-5-21-19(3)27-24(20-12-10-18(2)11-13-20)28-25(21)29-14-16-30(17-15-29)26(31)22-8-6-7-9-23(22)32-4/h6-13H,5,14-17H2,1-4H3. The number of anilines is 1. The summed E-state index contributed by atoms with van der Waals surface area (Å²) < 4.78 is 5.38. The Morgan fingerprint density at radius 3 is 2.31 bits per heavy atom. The lowest BCUT2D eigenvalue weighted by molar-refractivity contribution is 0.0743. The van der Waals surface area contributed by atoms with E-state index in [1.807, 2.05) is 29.2 Å². The number of ether oxygens (including phenoxy) is 1. The second kappa shape index (κ2) is 9.39. The Labute approximate surface area is 189 Å². The minimum Gasteiger partial charge on any atom is -0.496 e. The molecule has 0 radical (unpaired) electrons. The maximum Gasteiger partial charge on any atom is 0.257 e. The van der Waals surface area contributed by atoms with Crippen molar-refractivity contribution in [3.05, 3.63) is 70.9 Å². The predicted octanol–water partition coefficient (Wildman–Crippen LogP) is 4.29. The molecule has 166 valence electrons. The number of benzene rings is 2. The highest BCUT2D eigenvalue weighted by molar-refractivity contribution is 5.97. The van der Waals surface area contributed by atoms with Gasteiger partial charge in [-0.15, -0.1) is 0 Å². The van der Waals surface area contributed by atoms with Crippen LogP contribution in [0.1, 0.15) is 34.1 Å². The highest BCUT2D eigenvalue weighted by Crippen LogP contribution is 2.27. The van der Waals surface area contributed by atoms with Gasteiger partial charge in [0.25, 0.3) is 5.91 Å². The number of amides is 1. The second-order valence-corrected chi connectivity index (χ2v) is 8.13. The number of para-hydroxylation sites is 1. The molecule has 2 aromatic carbocycles. The van der Waals surface area contributed by atoms with Crippen molar-refractivity contribution in [1.82, 2.24) is 14.9 Å². The number of hydrogen-bond donors (Lipinski definition) is 0. The van der Waals surface area contributed by atoms with E-state index < -0.39 is 0 Å². The molecular weight excluding hydrogens is 400 g/mol. The van der Waals surface area contributed by atoms with Gasteiger partial charge in [-0.3, -0.25) is 4.79 Å². The fourth-order valence-electron chi connectivity index (χ4n) is 4.20. The molecule has 0 saturated carbocycles. The van der Waals surface area contributed by atoms with Crippen LogP contribution >= 0.6 is 0 Å². The Morgan fingerprint density at radius 1 is 0.969 bits per heavy atom. The van der Waals surface area contributed by atoms with E-state index in [1.54, 1.807) is 7.11 Å². The van der Waals surface area contributed by atoms with Crippen molar-refractivity contribution in [1.29, 1.82) is 0 Å². The number of hydrogen-bond acceptors (Lipinski definition) is 5. The first kappa shape index (κ1) is 21.8. The van der Waals surface area contributed by atoms with Crippen LogP contribution in [-0.2, 0) is 6.42 Å². The van der Waals surface area contributed by atoms with Gasteiger partial charge in [-0.05, 0) is 32.4 Å². The number of aryl methyl sites for hydroxylation is 2. The molecule has 0 atom stereocenters. The molecule has 6 nitrogen and oxygen atoms in total. The van der Waals surface area contributed by atoms with E-state index in [0.717, 1.165) is 42.4 Å². The molecule has 0 spiro atoms. The van der Waals surface area contributed by atoms with Gasteiger partial charge in [-0.1, -0.05) is 48.9 Å². The van der Waals surface area contributed by atoms with E-state index in [1.165, 1.54) is 11.1 Å². The molecule has 3 aromatic rings. The molecule has 1 amide bonds. The minimum atomic E-state index is 0.0111. The topological polar surface area (TPSA) is 58.6 Å². The Kier molecular flexibility index (Phi) is 6.40. The lowest BCUT2D eigenvalue weighted by Gasteiger charge is -2.36. The Balaban J connectivity index is 1.56. The summed E-state index contributed by atoms with van der Waals surface area (Å²) in [7, 11) is 1.60. The van der Waals surface area contributed by atoms with Crippen LogP contribution < -0.4 is 9.64 Å². The lowest BCUT2D eigenvalue weighted by atomic mass is 10.1. The van der Waals surface area contributed by atoms with Crippen molar-refractivity contribution in [3.63, 3.8) is 0 Å². The maximum atomic E-state index is 13.1. The summed E-state index contributed by atoms with van der Waals surface area (Å²) in [5.74, 6) is 2.36. The van der Waals surface area contributed by atoms with Gasteiger partial charge in [0.2, 0.25) is 0 Å². The van der Waals surface area contributed by atoms with E-state index >= 15 is 0 Å². The largest absolute Gasteiger partial charge is 0.496 e. The SMILES string of the molecule is CCc1c(C)nc(-c2ccc(C)cc2)nc1N1CCN(C(=O)c2ccccc2OC)CC1. The molecule has 0 N–H and O–H groups in total. The molecule has 4 rings (SSSR count). The fourth-order valence-corrected chi connectivity index (χ4v) is 4.20. The predicted molar refractivity (Wildman–Crippen MR) is 127 cm³/mol. The Bertz CT molecular complexity index is 1100. The molecule has 1 fully saturated rings. The maximum absolute atomic E-state index is 13.1. The summed E-state index contributed by atoms with van der Waals surface area (Å²) in [4.78, 5) is 27.0. The van der Waals surface area contributed by atoms with E-state index in [-0.39, 0.29) is 5.91 Å². The molecule has 0 aliphatic carbocycles. The monoisotopic (exact) mass is 430 g/mol. The zero-order valence-corrected chi connectivity index (χ0v) is 19.3. The van der Waals surface area contributed by atoms with Gasteiger partial charge in [0, 0.05) is 43.0 Å². The van der Waals surface area contributed by atoms with Gasteiger partial charge in [-0.2, -0.15) is 0 Å². The highest BCUT2D eigenvalue weighted by atomic mass is 16.5. The first-order valence-electron chi connectivity index (χ1n) is 11.1. The van der Waals surface area contributed by atoms with Crippen LogP contribution in [0.25, 0.3) is 11.4 Å². The molecule has 1 aromatic heterocycles. The average Bonchev–Trinajstić information content (AvgIpc) is 2.83. The van der Waals surface area contributed by atoms with E-state index in [2.05, 4.69) is 49.9 Å². The van der Waals surface area contributed by atoms with Gasteiger partial charge in [0.1, 0.15) is 11.6 Å². The quantitative estimate of drug-likeness (QED) is 0.604.